The summed E-state index contributed by atoms with van der Waals surface area (Å²) in [6.45, 7) is 0. The highest BCUT2D eigenvalue weighted by Crippen LogP contribution is 2.60. The van der Waals surface area contributed by atoms with Gasteiger partial charge in [-0.3, -0.25) is 9.35 Å². The molecule has 6 heteroatoms. The average Bonchev–Trinajstić information content (AvgIpc) is 2.22. The maximum absolute atomic E-state index is 11.6. The Kier molecular flexibility index (Phi) is 3.47. The predicted molar refractivity (Wildman–Crippen MR) is 74.5 cm³/mol. The normalized spacial score (nSPS) is 40.6. The van der Waals surface area contributed by atoms with Crippen LogP contribution in [0.2, 0.25) is 0 Å². The molecule has 0 aliphatic heterocycles. The molecule has 0 aromatic carbocycles. The zero-order valence-corrected chi connectivity index (χ0v) is 12.5. The van der Waals surface area contributed by atoms with E-state index in [1.54, 1.807) is 0 Å². The van der Waals surface area contributed by atoms with Crippen LogP contribution in [-0.2, 0) is 14.9 Å². The van der Waals surface area contributed by atoms with E-state index in [0.717, 1.165) is 35.3 Å². The molecule has 4 fully saturated rings. The number of hydrogen-bond acceptors (Lipinski definition) is 4. The molecule has 0 unspecified atom stereocenters. The molecule has 4 aliphatic carbocycles. The van der Waals surface area contributed by atoms with Crippen molar-refractivity contribution in [2.75, 3.05) is 11.5 Å². The molecule has 4 saturated carbocycles. The third-order valence-corrected chi connectivity index (χ3v) is 7.04. The number of thioether (sulfide) groups is 1. The van der Waals surface area contributed by atoms with Crippen molar-refractivity contribution in [2.24, 2.45) is 23.2 Å². The topological polar surface area (TPSA) is 71.4 Å². The Morgan fingerprint density at radius 1 is 1.11 bits per heavy atom. The molecular formula is C13H20O4S2. The van der Waals surface area contributed by atoms with Crippen molar-refractivity contribution in [3.05, 3.63) is 0 Å². The van der Waals surface area contributed by atoms with Gasteiger partial charge in [-0.1, -0.05) is 11.8 Å². The van der Waals surface area contributed by atoms with Crippen LogP contribution in [0, 0.1) is 23.2 Å². The Labute approximate surface area is 118 Å². The lowest BCUT2D eigenvalue weighted by Crippen LogP contribution is -2.47. The Morgan fingerprint density at radius 3 is 2.00 bits per heavy atom. The summed E-state index contributed by atoms with van der Waals surface area (Å²) in [5.74, 6) is 2.50. The summed E-state index contributed by atoms with van der Waals surface area (Å²) >= 11 is 1.11. The lowest BCUT2D eigenvalue weighted by atomic mass is 9.50. The van der Waals surface area contributed by atoms with Crippen molar-refractivity contribution >= 4 is 27.0 Å². The van der Waals surface area contributed by atoms with E-state index >= 15 is 0 Å². The zero-order chi connectivity index (χ0) is 13.7. The minimum Gasteiger partial charge on any atom is -0.286 e. The summed E-state index contributed by atoms with van der Waals surface area (Å²) in [4.78, 5) is 11.6. The largest absolute Gasteiger partial charge is 0.286 e. The van der Waals surface area contributed by atoms with Crippen molar-refractivity contribution < 1.29 is 17.8 Å². The van der Waals surface area contributed by atoms with E-state index in [1.165, 1.54) is 38.5 Å². The Balaban J connectivity index is 1.59. The van der Waals surface area contributed by atoms with Gasteiger partial charge in [0.05, 0.1) is 0 Å². The number of rotatable bonds is 4. The Morgan fingerprint density at radius 2 is 1.58 bits per heavy atom. The van der Waals surface area contributed by atoms with E-state index in [4.69, 9.17) is 4.55 Å². The maximum Gasteiger partial charge on any atom is 0.272 e. The molecule has 4 nitrogen and oxygen atoms in total. The highest BCUT2D eigenvalue weighted by atomic mass is 32.2. The van der Waals surface area contributed by atoms with Gasteiger partial charge in [-0.05, 0) is 61.7 Å². The lowest BCUT2D eigenvalue weighted by molar-refractivity contribution is -0.109. The van der Waals surface area contributed by atoms with Gasteiger partial charge in [0.15, 0.2) is 0 Å². The highest BCUT2D eigenvalue weighted by molar-refractivity contribution is 8.14. The van der Waals surface area contributed by atoms with Gasteiger partial charge in [-0.2, -0.15) is 8.42 Å². The van der Waals surface area contributed by atoms with E-state index in [2.05, 4.69) is 0 Å². The molecule has 0 atom stereocenters. The summed E-state index contributed by atoms with van der Waals surface area (Å²) in [5, 5.41) is -0.418. The third kappa shape index (κ3) is 3.16. The van der Waals surface area contributed by atoms with Crippen LogP contribution in [0.5, 0.6) is 0 Å². The van der Waals surface area contributed by atoms with Crippen molar-refractivity contribution in [1.29, 1.82) is 0 Å². The van der Waals surface area contributed by atoms with Gasteiger partial charge in [-0.25, -0.2) is 0 Å². The van der Waals surface area contributed by atoms with Crippen LogP contribution in [0.15, 0.2) is 0 Å². The van der Waals surface area contributed by atoms with Crippen LogP contribution in [0.4, 0.5) is 0 Å². The van der Waals surface area contributed by atoms with Gasteiger partial charge in [0.2, 0.25) is 5.12 Å². The maximum atomic E-state index is 11.6. The van der Waals surface area contributed by atoms with Gasteiger partial charge >= 0.3 is 0 Å². The van der Waals surface area contributed by atoms with Gasteiger partial charge in [0.25, 0.3) is 10.1 Å². The van der Waals surface area contributed by atoms with Crippen molar-refractivity contribution in [1.82, 2.24) is 0 Å². The molecule has 4 rings (SSSR count). The summed E-state index contributed by atoms with van der Waals surface area (Å²) in [6.07, 6.45) is 7.73. The molecule has 0 heterocycles. The zero-order valence-electron chi connectivity index (χ0n) is 10.9. The van der Waals surface area contributed by atoms with Gasteiger partial charge in [0, 0.05) is 5.75 Å². The number of hydrogen-bond donors (Lipinski definition) is 1. The fraction of sp³-hybridized carbons (Fsp3) is 0.923. The van der Waals surface area contributed by atoms with E-state index < -0.39 is 21.0 Å². The minimum atomic E-state index is -4.17. The summed E-state index contributed by atoms with van der Waals surface area (Å²) < 4.78 is 30.1. The van der Waals surface area contributed by atoms with Crippen molar-refractivity contribution in [3.63, 3.8) is 0 Å². The van der Waals surface area contributed by atoms with E-state index in [-0.39, 0.29) is 5.41 Å². The molecular weight excluding hydrogens is 284 g/mol. The van der Waals surface area contributed by atoms with Crippen LogP contribution in [0.3, 0.4) is 0 Å². The van der Waals surface area contributed by atoms with Crippen LogP contribution >= 0.6 is 11.8 Å². The monoisotopic (exact) mass is 304 g/mol. The Bertz CT molecular complexity index is 448. The summed E-state index contributed by atoms with van der Waals surface area (Å²) in [6, 6.07) is 0. The second-order valence-electron chi connectivity index (χ2n) is 6.80. The van der Waals surface area contributed by atoms with Crippen LogP contribution in [-0.4, -0.2) is 29.6 Å². The standard InChI is InChI=1S/C13H20O4S2/c14-12(7-19(15,16)17)18-8-13-4-9-1-10(5-13)3-11(2-9)6-13/h9-11H,1-8H2,(H,15,16,17). The Hall–Kier alpha value is -0.0700. The first-order chi connectivity index (χ1) is 8.84. The first-order valence-corrected chi connectivity index (χ1v) is 9.54. The van der Waals surface area contributed by atoms with Crippen LogP contribution in [0.1, 0.15) is 38.5 Å². The molecule has 0 radical (unpaired) electrons. The molecule has 19 heavy (non-hydrogen) atoms. The van der Waals surface area contributed by atoms with Gasteiger partial charge in [0.1, 0.15) is 5.75 Å². The molecule has 0 saturated heterocycles. The molecule has 0 spiro atoms. The lowest BCUT2D eigenvalue weighted by Gasteiger charge is -2.56. The second kappa shape index (κ2) is 4.74. The van der Waals surface area contributed by atoms with Crippen molar-refractivity contribution in [3.8, 4) is 0 Å². The van der Waals surface area contributed by atoms with E-state index in [1.807, 2.05) is 0 Å². The number of carbonyl (C=O) groups is 1. The second-order valence-corrected chi connectivity index (χ2v) is 9.29. The quantitative estimate of drug-likeness (QED) is 0.807. The molecule has 0 aromatic heterocycles. The van der Waals surface area contributed by atoms with Crippen molar-refractivity contribution in [2.45, 2.75) is 38.5 Å². The third-order valence-electron chi connectivity index (χ3n) is 5.00. The van der Waals surface area contributed by atoms with Crippen LogP contribution < -0.4 is 0 Å². The van der Waals surface area contributed by atoms with E-state index in [9.17, 15) is 13.2 Å². The fourth-order valence-corrected chi connectivity index (χ4v) is 6.79. The highest BCUT2D eigenvalue weighted by Gasteiger charge is 2.50. The molecule has 4 aliphatic rings. The van der Waals surface area contributed by atoms with Gasteiger partial charge in [-0.15, -0.1) is 0 Å². The first kappa shape index (κ1) is 13.9. The molecule has 0 amide bonds. The van der Waals surface area contributed by atoms with Gasteiger partial charge < -0.3 is 0 Å². The molecule has 4 bridgehead atoms. The predicted octanol–water partition coefficient (Wildman–Crippen LogP) is 2.35. The minimum absolute atomic E-state index is 0.272. The fourth-order valence-electron chi connectivity index (χ4n) is 4.89. The summed E-state index contributed by atoms with van der Waals surface area (Å²) in [7, 11) is -4.17. The van der Waals surface area contributed by atoms with E-state index in [0.29, 0.717) is 0 Å². The first-order valence-electron chi connectivity index (χ1n) is 6.94. The molecule has 0 aromatic rings. The SMILES string of the molecule is O=C(CS(=O)(=O)O)SCC12CC3CC(CC(C3)C1)C2. The summed E-state index contributed by atoms with van der Waals surface area (Å²) in [5.41, 5.74) is 0.272. The van der Waals surface area contributed by atoms with Crippen LogP contribution in [0.25, 0.3) is 0 Å². The smallest absolute Gasteiger partial charge is 0.272 e. The average molecular weight is 304 g/mol. The molecule has 1 N–H and O–H groups in total. The molecule has 108 valence electrons. The number of carbonyl (C=O) groups excluding carboxylic acids is 1.